The van der Waals surface area contributed by atoms with Crippen LogP contribution in [-0.4, -0.2) is 49.0 Å². The third-order valence-electron chi connectivity index (χ3n) is 5.26. The number of carbonyl (C=O) groups is 1. The number of hydrogen-bond acceptors (Lipinski definition) is 6. The van der Waals surface area contributed by atoms with Crippen LogP contribution in [0.15, 0.2) is 35.2 Å². The van der Waals surface area contributed by atoms with Gasteiger partial charge in [0.2, 0.25) is 0 Å². The summed E-state index contributed by atoms with van der Waals surface area (Å²) in [5.74, 6) is 0.623. The normalized spacial score (nSPS) is 32.5. The lowest BCUT2D eigenvalue weighted by Crippen LogP contribution is -2.35. The van der Waals surface area contributed by atoms with E-state index in [1.165, 1.54) is 4.90 Å². The minimum Gasteiger partial charge on any atom is -0.466 e. The molecule has 0 saturated carbocycles. The van der Waals surface area contributed by atoms with Crippen LogP contribution in [0.25, 0.3) is 0 Å². The van der Waals surface area contributed by atoms with Gasteiger partial charge >= 0.3 is 5.97 Å². The van der Waals surface area contributed by atoms with Crippen molar-refractivity contribution >= 4 is 17.7 Å². The summed E-state index contributed by atoms with van der Waals surface area (Å²) in [4.78, 5) is 13.3. The van der Waals surface area contributed by atoms with Crippen LogP contribution in [0.1, 0.15) is 34.1 Å². The molecular formula is C21H30O5S. The Morgan fingerprint density at radius 3 is 2.67 bits per heavy atom. The molecule has 5 nitrogen and oxygen atoms in total. The van der Waals surface area contributed by atoms with Crippen molar-refractivity contribution in [3.05, 3.63) is 30.3 Å². The molecule has 0 aromatic heterocycles. The van der Waals surface area contributed by atoms with Gasteiger partial charge in [-0.3, -0.25) is 4.79 Å². The number of benzene rings is 1. The average Bonchev–Trinajstić information content (AvgIpc) is 3.13. The molecule has 2 saturated heterocycles. The fourth-order valence-corrected chi connectivity index (χ4v) is 5.12. The van der Waals surface area contributed by atoms with Gasteiger partial charge < -0.3 is 18.9 Å². The summed E-state index contributed by atoms with van der Waals surface area (Å²) in [6.07, 6.45) is -0.0577. The molecule has 0 bridgehead atoms. The smallest absolute Gasteiger partial charge is 0.308 e. The number of ether oxygens (including phenoxy) is 4. The first kappa shape index (κ1) is 20.6. The van der Waals surface area contributed by atoms with Crippen LogP contribution in [0.2, 0.25) is 0 Å². The Balaban J connectivity index is 1.69. The summed E-state index contributed by atoms with van der Waals surface area (Å²) < 4.78 is 23.3. The highest BCUT2D eigenvalue weighted by Crippen LogP contribution is 2.42. The summed E-state index contributed by atoms with van der Waals surface area (Å²) in [5, 5.41) is 0. The van der Waals surface area contributed by atoms with Crippen LogP contribution < -0.4 is 0 Å². The molecule has 0 radical (unpaired) electrons. The Morgan fingerprint density at radius 1 is 1.30 bits per heavy atom. The van der Waals surface area contributed by atoms with Crippen LogP contribution in [0.4, 0.5) is 0 Å². The van der Waals surface area contributed by atoms with Gasteiger partial charge in [0.05, 0.1) is 31.8 Å². The van der Waals surface area contributed by atoms with E-state index in [1.807, 2.05) is 39.0 Å². The van der Waals surface area contributed by atoms with Crippen molar-refractivity contribution in [2.24, 2.45) is 11.8 Å². The minimum atomic E-state index is -0.582. The van der Waals surface area contributed by atoms with Crippen LogP contribution in [0.5, 0.6) is 0 Å². The molecule has 5 atom stereocenters. The zero-order chi connectivity index (χ0) is 19.4. The standard InChI is InChI=1S/C21H30O5S/c1-5-23-19(22)11-17-16(13-27-15-9-7-6-8-10-15)14(2)20(25-17)18-12-24-21(3,4)26-18/h6-10,14,16-18,20H,5,11-13H2,1-4H3. The van der Waals surface area contributed by atoms with Gasteiger partial charge in [0.1, 0.15) is 6.10 Å². The number of esters is 1. The lowest BCUT2D eigenvalue weighted by molar-refractivity contribution is -0.161. The van der Waals surface area contributed by atoms with E-state index in [2.05, 4.69) is 19.1 Å². The van der Waals surface area contributed by atoms with E-state index in [9.17, 15) is 4.79 Å². The van der Waals surface area contributed by atoms with Crippen LogP contribution in [-0.2, 0) is 23.7 Å². The summed E-state index contributed by atoms with van der Waals surface area (Å²) in [6, 6.07) is 10.3. The van der Waals surface area contributed by atoms with Gasteiger partial charge in [0.25, 0.3) is 0 Å². The molecule has 0 amide bonds. The topological polar surface area (TPSA) is 54.0 Å². The first-order valence-electron chi connectivity index (χ1n) is 9.70. The summed E-state index contributed by atoms with van der Waals surface area (Å²) >= 11 is 1.81. The Labute approximate surface area is 166 Å². The second-order valence-corrected chi connectivity index (χ2v) is 8.76. The first-order valence-corrected chi connectivity index (χ1v) is 10.7. The molecule has 0 aliphatic carbocycles. The number of rotatable bonds is 7. The summed E-state index contributed by atoms with van der Waals surface area (Å²) in [5.41, 5.74) is 0. The van der Waals surface area contributed by atoms with Crippen LogP contribution >= 0.6 is 11.8 Å². The van der Waals surface area contributed by atoms with Gasteiger partial charge in [-0.2, -0.15) is 0 Å². The summed E-state index contributed by atoms with van der Waals surface area (Å²) in [6.45, 7) is 8.78. The zero-order valence-corrected chi connectivity index (χ0v) is 17.4. The van der Waals surface area contributed by atoms with Gasteiger partial charge in [0.15, 0.2) is 5.79 Å². The van der Waals surface area contributed by atoms with Crippen molar-refractivity contribution in [2.45, 2.75) is 63.1 Å². The van der Waals surface area contributed by atoms with E-state index >= 15 is 0 Å². The average molecular weight is 395 g/mol. The van der Waals surface area contributed by atoms with Crippen LogP contribution in [0, 0.1) is 11.8 Å². The molecule has 1 aromatic rings. The predicted molar refractivity (Wildman–Crippen MR) is 105 cm³/mol. The minimum absolute atomic E-state index is 0.0763. The maximum Gasteiger partial charge on any atom is 0.308 e. The molecule has 27 heavy (non-hydrogen) atoms. The highest BCUT2D eigenvalue weighted by Gasteiger charge is 2.49. The van der Waals surface area contributed by atoms with Gasteiger partial charge in [-0.25, -0.2) is 0 Å². The number of thioether (sulfide) groups is 1. The highest BCUT2D eigenvalue weighted by molar-refractivity contribution is 7.99. The SMILES string of the molecule is CCOC(=O)CC1OC(C2COC(C)(C)O2)C(C)C1CSc1ccccc1. The fraction of sp³-hybridized carbons (Fsp3) is 0.667. The van der Waals surface area contributed by atoms with Gasteiger partial charge in [-0.05, 0) is 38.8 Å². The molecule has 6 heteroatoms. The lowest BCUT2D eigenvalue weighted by Gasteiger charge is -2.24. The molecule has 2 aliphatic rings. The molecule has 3 rings (SSSR count). The fourth-order valence-electron chi connectivity index (χ4n) is 3.86. The quantitative estimate of drug-likeness (QED) is 0.516. The van der Waals surface area contributed by atoms with E-state index in [-0.39, 0.29) is 42.5 Å². The molecule has 5 unspecified atom stereocenters. The van der Waals surface area contributed by atoms with Gasteiger partial charge in [0, 0.05) is 16.6 Å². The largest absolute Gasteiger partial charge is 0.466 e. The second kappa shape index (κ2) is 8.95. The highest BCUT2D eigenvalue weighted by atomic mass is 32.2. The monoisotopic (exact) mass is 394 g/mol. The van der Waals surface area contributed by atoms with Crippen molar-refractivity contribution in [2.75, 3.05) is 19.0 Å². The molecule has 0 spiro atoms. The molecule has 1 aromatic carbocycles. The van der Waals surface area contributed by atoms with E-state index in [1.54, 1.807) is 11.8 Å². The Hall–Kier alpha value is -1.08. The lowest BCUT2D eigenvalue weighted by atomic mass is 9.87. The first-order chi connectivity index (χ1) is 12.9. The van der Waals surface area contributed by atoms with Crippen molar-refractivity contribution < 1.29 is 23.7 Å². The van der Waals surface area contributed by atoms with Crippen molar-refractivity contribution in [3.8, 4) is 0 Å². The third kappa shape index (κ3) is 5.25. The molecule has 2 fully saturated rings. The second-order valence-electron chi connectivity index (χ2n) is 7.66. The summed E-state index contributed by atoms with van der Waals surface area (Å²) in [7, 11) is 0. The van der Waals surface area contributed by atoms with Crippen molar-refractivity contribution in [1.82, 2.24) is 0 Å². The molecular weight excluding hydrogens is 364 g/mol. The van der Waals surface area contributed by atoms with Crippen LogP contribution in [0.3, 0.4) is 0 Å². The maximum atomic E-state index is 12.1. The van der Waals surface area contributed by atoms with E-state index < -0.39 is 5.79 Å². The molecule has 0 N–H and O–H groups in total. The third-order valence-corrected chi connectivity index (χ3v) is 6.42. The van der Waals surface area contributed by atoms with Crippen molar-refractivity contribution in [3.63, 3.8) is 0 Å². The predicted octanol–water partition coefficient (Wildman–Crippen LogP) is 3.90. The molecule has 2 heterocycles. The van der Waals surface area contributed by atoms with E-state index in [4.69, 9.17) is 18.9 Å². The van der Waals surface area contributed by atoms with Crippen molar-refractivity contribution in [1.29, 1.82) is 0 Å². The molecule has 2 aliphatic heterocycles. The Kier molecular flexibility index (Phi) is 6.84. The number of hydrogen-bond donors (Lipinski definition) is 0. The zero-order valence-electron chi connectivity index (χ0n) is 16.6. The van der Waals surface area contributed by atoms with E-state index in [0.29, 0.717) is 13.2 Å². The Bertz CT molecular complexity index is 620. The van der Waals surface area contributed by atoms with E-state index in [0.717, 1.165) is 5.75 Å². The maximum absolute atomic E-state index is 12.1. The number of carbonyl (C=O) groups excluding carboxylic acids is 1. The van der Waals surface area contributed by atoms with Gasteiger partial charge in [-0.15, -0.1) is 11.8 Å². The van der Waals surface area contributed by atoms with Gasteiger partial charge in [-0.1, -0.05) is 25.1 Å². The molecule has 150 valence electrons. The Morgan fingerprint density at radius 2 is 2.04 bits per heavy atom.